The van der Waals surface area contributed by atoms with Gasteiger partial charge >= 0.3 is 5.97 Å². The first-order chi connectivity index (χ1) is 8.92. The van der Waals surface area contributed by atoms with Crippen LogP contribution < -0.4 is 0 Å². The molecule has 3 heteroatoms. The van der Waals surface area contributed by atoms with Crippen molar-refractivity contribution in [2.45, 2.75) is 77.4 Å². The summed E-state index contributed by atoms with van der Waals surface area (Å²) in [7, 11) is 0. The average Bonchev–Trinajstić information content (AvgIpc) is 2.25. The summed E-state index contributed by atoms with van der Waals surface area (Å²) in [6, 6.07) is 0. The molecular weight excluding hydrogens is 240 g/mol. The Kier molecular flexibility index (Phi) is 4.54. The Bertz CT molecular complexity index is 320. The summed E-state index contributed by atoms with van der Waals surface area (Å²) in [6.45, 7) is 6.82. The minimum atomic E-state index is -0.718. The van der Waals surface area contributed by atoms with Crippen LogP contribution in [0.4, 0.5) is 0 Å². The molecule has 3 unspecified atom stereocenters. The molecule has 0 spiro atoms. The van der Waals surface area contributed by atoms with Crippen LogP contribution in [0.1, 0.15) is 65.7 Å². The van der Waals surface area contributed by atoms with Gasteiger partial charge in [0.05, 0.1) is 18.1 Å². The van der Waals surface area contributed by atoms with E-state index < -0.39 is 5.97 Å². The number of aliphatic carboxylic acids is 1. The highest BCUT2D eigenvalue weighted by Gasteiger charge is 2.44. The molecule has 2 fully saturated rings. The molecule has 0 aliphatic heterocycles. The minimum Gasteiger partial charge on any atom is -0.481 e. The van der Waals surface area contributed by atoms with E-state index >= 15 is 0 Å². The largest absolute Gasteiger partial charge is 0.481 e. The van der Waals surface area contributed by atoms with Crippen LogP contribution in [-0.4, -0.2) is 22.8 Å². The van der Waals surface area contributed by atoms with E-state index in [2.05, 4.69) is 20.8 Å². The molecule has 1 N–H and O–H groups in total. The second-order valence-electron chi connectivity index (χ2n) is 7.09. The molecule has 0 amide bonds. The van der Waals surface area contributed by atoms with E-state index in [1.807, 2.05) is 0 Å². The van der Waals surface area contributed by atoms with Crippen molar-refractivity contribution in [2.24, 2.45) is 17.8 Å². The van der Waals surface area contributed by atoms with Gasteiger partial charge in [-0.1, -0.05) is 27.2 Å². The quantitative estimate of drug-likeness (QED) is 0.823. The second-order valence-corrected chi connectivity index (χ2v) is 7.09. The Hall–Kier alpha value is -0.570. The summed E-state index contributed by atoms with van der Waals surface area (Å²) in [5.74, 6) is 1.22. The standard InChI is InChI=1S/C16H28O3/c1-11(2)13-6-5-12(3)9-14(13)19-16(7-4-8-16)10-15(17)18/h11-14H,4-10H2,1-3H3,(H,17,18). The van der Waals surface area contributed by atoms with Crippen LogP contribution in [0.15, 0.2) is 0 Å². The Labute approximate surface area is 116 Å². The van der Waals surface area contributed by atoms with Crippen LogP contribution in [0.5, 0.6) is 0 Å². The number of hydrogen-bond acceptors (Lipinski definition) is 2. The van der Waals surface area contributed by atoms with E-state index in [0.29, 0.717) is 17.8 Å². The Morgan fingerprint density at radius 2 is 2.05 bits per heavy atom. The highest BCUT2D eigenvalue weighted by atomic mass is 16.5. The van der Waals surface area contributed by atoms with Gasteiger partial charge in [0.2, 0.25) is 0 Å². The van der Waals surface area contributed by atoms with E-state index in [9.17, 15) is 4.79 Å². The molecule has 2 rings (SSSR count). The highest BCUT2D eigenvalue weighted by molar-refractivity contribution is 5.68. The molecule has 0 aromatic carbocycles. The molecule has 0 aromatic heterocycles. The van der Waals surface area contributed by atoms with Gasteiger partial charge in [0.25, 0.3) is 0 Å². The number of carbonyl (C=O) groups is 1. The van der Waals surface area contributed by atoms with Crippen molar-refractivity contribution in [3.05, 3.63) is 0 Å². The fourth-order valence-corrected chi connectivity index (χ4v) is 3.75. The van der Waals surface area contributed by atoms with Crippen molar-refractivity contribution in [1.82, 2.24) is 0 Å². The van der Waals surface area contributed by atoms with Crippen LogP contribution in [-0.2, 0) is 9.53 Å². The summed E-state index contributed by atoms with van der Waals surface area (Å²) in [6.07, 6.45) is 7.03. The van der Waals surface area contributed by atoms with Gasteiger partial charge in [0.1, 0.15) is 0 Å². The lowest BCUT2D eigenvalue weighted by atomic mass is 9.73. The molecule has 3 nitrogen and oxygen atoms in total. The summed E-state index contributed by atoms with van der Waals surface area (Å²) in [5.41, 5.74) is -0.347. The van der Waals surface area contributed by atoms with Gasteiger partial charge in [0.15, 0.2) is 0 Å². The van der Waals surface area contributed by atoms with Gasteiger partial charge < -0.3 is 9.84 Å². The lowest BCUT2D eigenvalue weighted by Gasteiger charge is -2.47. The third-order valence-corrected chi connectivity index (χ3v) is 5.10. The molecule has 2 aliphatic rings. The Morgan fingerprint density at radius 3 is 2.53 bits per heavy atom. The third kappa shape index (κ3) is 3.50. The van der Waals surface area contributed by atoms with Gasteiger partial charge in [0, 0.05) is 0 Å². The zero-order valence-corrected chi connectivity index (χ0v) is 12.5. The molecule has 19 heavy (non-hydrogen) atoms. The lowest BCUT2D eigenvalue weighted by molar-refractivity contribution is -0.186. The number of rotatable bonds is 5. The lowest BCUT2D eigenvalue weighted by Crippen LogP contribution is -2.48. The smallest absolute Gasteiger partial charge is 0.306 e. The van der Waals surface area contributed by atoms with E-state index in [0.717, 1.165) is 25.7 Å². The van der Waals surface area contributed by atoms with Crippen molar-refractivity contribution < 1.29 is 14.6 Å². The van der Waals surface area contributed by atoms with Crippen molar-refractivity contribution in [3.63, 3.8) is 0 Å². The summed E-state index contributed by atoms with van der Waals surface area (Å²) in [4.78, 5) is 11.0. The van der Waals surface area contributed by atoms with Crippen LogP contribution >= 0.6 is 0 Å². The molecule has 3 atom stereocenters. The van der Waals surface area contributed by atoms with Crippen molar-refractivity contribution in [2.75, 3.05) is 0 Å². The monoisotopic (exact) mass is 268 g/mol. The zero-order chi connectivity index (χ0) is 14.0. The van der Waals surface area contributed by atoms with Crippen LogP contribution in [0, 0.1) is 17.8 Å². The van der Waals surface area contributed by atoms with Gasteiger partial charge in [-0.25, -0.2) is 0 Å². The normalized spacial score (nSPS) is 34.0. The van der Waals surface area contributed by atoms with E-state index in [1.54, 1.807) is 0 Å². The van der Waals surface area contributed by atoms with E-state index in [-0.39, 0.29) is 18.1 Å². The van der Waals surface area contributed by atoms with Crippen molar-refractivity contribution in [3.8, 4) is 0 Å². The predicted octanol–water partition coefficient (Wildman–Crippen LogP) is 3.86. The third-order valence-electron chi connectivity index (χ3n) is 5.10. The van der Waals surface area contributed by atoms with Gasteiger partial charge in [-0.2, -0.15) is 0 Å². The van der Waals surface area contributed by atoms with Crippen molar-refractivity contribution >= 4 is 5.97 Å². The molecule has 0 bridgehead atoms. The maximum absolute atomic E-state index is 11.0. The topological polar surface area (TPSA) is 46.5 Å². The molecule has 0 heterocycles. The summed E-state index contributed by atoms with van der Waals surface area (Å²) in [5, 5.41) is 9.09. The first-order valence-corrected chi connectivity index (χ1v) is 7.81. The molecule has 2 saturated carbocycles. The van der Waals surface area contributed by atoms with Gasteiger partial charge in [-0.05, 0) is 49.9 Å². The molecule has 0 saturated heterocycles. The van der Waals surface area contributed by atoms with Crippen LogP contribution in [0.25, 0.3) is 0 Å². The fraction of sp³-hybridized carbons (Fsp3) is 0.938. The maximum atomic E-state index is 11.0. The minimum absolute atomic E-state index is 0.183. The van der Waals surface area contributed by atoms with Gasteiger partial charge in [-0.15, -0.1) is 0 Å². The number of carboxylic acids is 1. The molecular formula is C16H28O3. The first kappa shape index (κ1) is 14.8. The van der Waals surface area contributed by atoms with E-state index in [4.69, 9.17) is 9.84 Å². The molecule has 0 aromatic rings. The van der Waals surface area contributed by atoms with E-state index in [1.165, 1.54) is 12.8 Å². The molecule has 0 radical (unpaired) electrons. The van der Waals surface area contributed by atoms with Crippen LogP contribution in [0.3, 0.4) is 0 Å². The average molecular weight is 268 g/mol. The van der Waals surface area contributed by atoms with Crippen LogP contribution in [0.2, 0.25) is 0 Å². The first-order valence-electron chi connectivity index (χ1n) is 7.81. The zero-order valence-electron chi connectivity index (χ0n) is 12.5. The number of hydrogen-bond donors (Lipinski definition) is 1. The van der Waals surface area contributed by atoms with Crippen molar-refractivity contribution in [1.29, 1.82) is 0 Å². The number of ether oxygens (including phenoxy) is 1. The summed E-state index contributed by atoms with van der Waals surface area (Å²) < 4.78 is 6.39. The SMILES string of the molecule is CC1CCC(C(C)C)C(OC2(CC(=O)O)CCC2)C1. The molecule has 2 aliphatic carbocycles. The highest BCUT2D eigenvalue weighted by Crippen LogP contribution is 2.44. The molecule has 110 valence electrons. The maximum Gasteiger partial charge on any atom is 0.306 e. The Balaban J connectivity index is 2.03. The summed E-state index contributed by atoms with van der Waals surface area (Å²) >= 11 is 0. The number of carboxylic acid groups (broad SMARTS) is 1. The Morgan fingerprint density at radius 1 is 1.37 bits per heavy atom. The second kappa shape index (κ2) is 5.82. The predicted molar refractivity (Wildman–Crippen MR) is 75.1 cm³/mol. The fourth-order valence-electron chi connectivity index (χ4n) is 3.75. The van der Waals surface area contributed by atoms with Gasteiger partial charge in [-0.3, -0.25) is 4.79 Å².